The van der Waals surface area contributed by atoms with Gasteiger partial charge in [0.05, 0.1) is 17.5 Å². The molecule has 0 aliphatic rings. The molecule has 5 nitrogen and oxygen atoms in total. The first-order valence-corrected chi connectivity index (χ1v) is 5.43. The lowest BCUT2D eigenvalue weighted by Gasteiger charge is -1.98. The number of hydrogen-bond donors (Lipinski definition) is 1. The molecule has 0 aromatic carbocycles. The van der Waals surface area contributed by atoms with Gasteiger partial charge in [-0.25, -0.2) is 5.43 Å². The summed E-state index contributed by atoms with van der Waals surface area (Å²) < 4.78 is 0. The second kappa shape index (κ2) is 5.67. The van der Waals surface area contributed by atoms with Gasteiger partial charge >= 0.3 is 0 Å². The third kappa shape index (κ3) is 3.21. The highest BCUT2D eigenvalue weighted by Crippen LogP contribution is 1.96. The lowest BCUT2D eigenvalue weighted by atomic mass is 10.3. The van der Waals surface area contributed by atoms with Gasteiger partial charge in [0, 0.05) is 18.1 Å². The molecule has 90 valence electrons. The fourth-order valence-electron chi connectivity index (χ4n) is 1.35. The van der Waals surface area contributed by atoms with Gasteiger partial charge in [-0.1, -0.05) is 6.07 Å². The zero-order chi connectivity index (χ0) is 12.8. The molecule has 5 heteroatoms. The number of amides is 1. The van der Waals surface area contributed by atoms with Gasteiger partial charge in [0.25, 0.3) is 5.91 Å². The Bertz CT molecular complexity index is 566. The number of carbonyl (C=O) groups is 1. The van der Waals surface area contributed by atoms with E-state index in [1.807, 2.05) is 25.1 Å². The van der Waals surface area contributed by atoms with Crippen LogP contribution in [0.15, 0.2) is 47.8 Å². The monoisotopic (exact) mass is 240 g/mol. The molecule has 0 saturated carbocycles. The molecule has 0 radical (unpaired) electrons. The van der Waals surface area contributed by atoms with E-state index in [1.165, 1.54) is 12.4 Å². The lowest BCUT2D eigenvalue weighted by Crippen LogP contribution is -2.17. The van der Waals surface area contributed by atoms with E-state index in [-0.39, 0.29) is 5.91 Å². The zero-order valence-corrected chi connectivity index (χ0v) is 9.87. The van der Waals surface area contributed by atoms with Crippen LogP contribution in [0.25, 0.3) is 0 Å². The summed E-state index contributed by atoms with van der Waals surface area (Å²) in [5, 5.41) is 3.84. The summed E-state index contributed by atoms with van der Waals surface area (Å²) in [5.41, 5.74) is 4.48. The van der Waals surface area contributed by atoms with E-state index in [0.29, 0.717) is 11.3 Å². The number of hydrazone groups is 1. The molecular formula is C13H12N4O. The van der Waals surface area contributed by atoms with Crippen molar-refractivity contribution in [3.05, 3.63) is 59.7 Å². The van der Waals surface area contributed by atoms with Crippen molar-refractivity contribution in [2.45, 2.75) is 6.92 Å². The van der Waals surface area contributed by atoms with Crippen molar-refractivity contribution in [3.63, 3.8) is 0 Å². The van der Waals surface area contributed by atoms with Crippen LogP contribution >= 0.6 is 0 Å². The highest BCUT2D eigenvalue weighted by Gasteiger charge is 2.02. The van der Waals surface area contributed by atoms with Crippen LogP contribution < -0.4 is 5.43 Å². The molecule has 2 aromatic rings. The van der Waals surface area contributed by atoms with Gasteiger partial charge < -0.3 is 0 Å². The minimum atomic E-state index is -0.299. The first-order valence-electron chi connectivity index (χ1n) is 5.43. The number of hydrogen-bond acceptors (Lipinski definition) is 4. The summed E-state index contributed by atoms with van der Waals surface area (Å²) in [4.78, 5) is 19.7. The molecule has 2 aromatic heterocycles. The van der Waals surface area contributed by atoms with Crippen molar-refractivity contribution in [1.29, 1.82) is 0 Å². The predicted molar refractivity (Wildman–Crippen MR) is 68.3 cm³/mol. The minimum Gasteiger partial charge on any atom is -0.267 e. The van der Waals surface area contributed by atoms with E-state index < -0.39 is 0 Å². The Morgan fingerprint density at radius 3 is 2.94 bits per heavy atom. The molecule has 0 atom stereocenters. The highest BCUT2D eigenvalue weighted by atomic mass is 16.2. The van der Waals surface area contributed by atoms with Crippen LogP contribution in [0.3, 0.4) is 0 Å². The van der Waals surface area contributed by atoms with Gasteiger partial charge in [0.15, 0.2) is 0 Å². The number of aryl methyl sites for hydroxylation is 1. The van der Waals surface area contributed by atoms with E-state index in [9.17, 15) is 4.79 Å². The normalized spacial score (nSPS) is 10.5. The number of rotatable bonds is 3. The second-order valence-electron chi connectivity index (χ2n) is 3.64. The summed E-state index contributed by atoms with van der Waals surface area (Å²) >= 11 is 0. The molecule has 0 unspecified atom stereocenters. The molecule has 18 heavy (non-hydrogen) atoms. The topological polar surface area (TPSA) is 67.2 Å². The van der Waals surface area contributed by atoms with E-state index >= 15 is 0 Å². The van der Waals surface area contributed by atoms with Gasteiger partial charge in [-0.05, 0) is 31.2 Å². The van der Waals surface area contributed by atoms with Crippen molar-refractivity contribution in [2.24, 2.45) is 5.10 Å². The minimum absolute atomic E-state index is 0.299. The zero-order valence-electron chi connectivity index (χ0n) is 9.87. The largest absolute Gasteiger partial charge is 0.272 e. The Labute approximate surface area is 105 Å². The molecule has 0 spiro atoms. The summed E-state index contributed by atoms with van der Waals surface area (Å²) in [6.07, 6.45) is 4.59. The van der Waals surface area contributed by atoms with Crippen molar-refractivity contribution in [1.82, 2.24) is 15.4 Å². The van der Waals surface area contributed by atoms with Gasteiger partial charge in [-0.2, -0.15) is 5.10 Å². The maximum atomic E-state index is 11.6. The maximum Gasteiger partial charge on any atom is 0.272 e. The molecule has 1 amide bonds. The Morgan fingerprint density at radius 2 is 2.22 bits per heavy atom. The van der Waals surface area contributed by atoms with Crippen LogP contribution in [0.5, 0.6) is 0 Å². The first kappa shape index (κ1) is 11.9. The molecule has 1 N–H and O–H groups in total. The summed E-state index contributed by atoms with van der Waals surface area (Å²) in [7, 11) is 0. The molecular weight excluding hydrogens is 228 g/mol. The van der Waals surface area contributed by atoms with E-state index in [4.69, 9.17) is 0 Å². The van der Waals surface area contributed by atoms with E-state index in [0.717, 1.165) is 5.69 Å². The SMILES string of the molecule is Cc1cccc(C=NNC(=O)c2cccnc2)n1. The van der Waals surface area contributed by atoms with Gasteiger partial charge in [-0.15, -0.1) is 0 Å². The quantitative estimate of drug-likeness (QED) is 0.653. The molecule has 2 rings (SSSR count). The van der Waals surface area contributed by atoms with Gasteiger partial charge in [0.2, 0.25) is 0 Å². The van der Waals surface area contributed by atoms with Gasteiger partial charge in [-0.3, -0.25) is 14.8 Å². The third-order valence-electron chi connectivity index (χ3n) is 2.20. The van der Waals surface area contributed by atoms with Crippen LogP contribution in [-0.4, -0.2) is 22.1 Å². The number of carbonyl (C=O) groups excluding carboxylic acids is 1. The Hall–Kier alpha value is -2.56. The standard InChI is InChI=1S/C13H12N4O/c1-10-4-2-6-12(16-10)9-15-17-13(18)11-5-3-7-14-8-11/h2-9H,1H3,(H,17,18). The predicted octanol–water partition coefficient (Wildman–Crippen LogP) is 1.55. The van der Waals surface area contributed by atoms with Crippen LogP contribution in [0.4, 0.5) is 0 Å². The van der Waals surface area contributed by atoms with Crippen LogP contribution in [-0.2, 0) is 0 Å². The van der Waals surface area contributed by atoms with E-state index in [2.05, 4.69) is 20.5 Å². The molecule has 0 aliphatic carbocycles. The summed E-state index contributed by atoms with van der Waals surface area (Å²) in [5.74, 6) is -0.299. The average Bonchev–Trinajstić information content (AvgIpc) is 2.40. The first-order chi connectivity index (χ1) is 8.75. The molecule has 0 bridgehead atoms. The maximum absolute atomic E-state index is 11.6. The molecule has 0 fully saturated rings. The second-order valence-corrected chi connectivity index (χ2v) is 3.64. The van der Waals surface area contributed by atoms with Crippen LogP contribution in [0.2, 0.25) is 0 Å². The van der Waals surface area contributed by atoms with Crippen LogP contribution in [0.1, 0.15) is 21.7 Å². The summed E-state index contributed by atoms with van der Waals surface area (Å²) in [6, 6.07) is 8.95. The third-order valence-corrected chi connectivity index (χ3v) is 2.20. The van der Waals surface area contributed by atoms with Crippen molar-refractivity contribution >= 4 is 12.1 Å². The van der Waals surface area contributed by atoms with Crippen molar-refractivity contribution in [3.8, 4) is 0 Å². The number of nitrogens with zero attached hydrogens (tertiary/aromatic N) is 3. The molecule has 0 aliphatic heterocycles. The number of aromatic nitrogens is 2. The highest BCUT2D eigenvalue weighted by molar-refractivity contribution is 5.94. The molecule has 0 saturated heterocycles. The Kier molecular flexibility index (Phi) is 3.76. The van der Waals surface area contributed by atoms with Crippen molar-refractivity contribution in [2.75, 3.05) is 0 Å². The molecule has 2 heterocycles. The number of nitrogens with one attached hydrogen (secondary N) is 1. The average molecular weight is 240 g/mol. The summed E-state index contributed by atoms with van der Waals surface area (Å²) in [6.45, 7) is 1.89. The van der Waals surface area contributed by atoms with Crippen LogP contribution in [0, 0.1) is 6.92 Å². The Balaban J connectivity index is 1.98. The number of pyridine rings is 2. The Morgan fingerprint density at radius 1 is 1.33 bits per heavy atom. The fourth-order valence-corrected chi connectivity index (χ4v) is 1.35. The lowest BCUT2D eigenvalue weighted by molar-refractivity contribution is 0.0955. The van der Waals surface area contributed by atoms with Gasteiger partial charge in [0.1, 0.15) is 0 Å². The van der Waals surface area contributed by atoms with E-state index in [1.54, 1.807) is 18.3 Å². The fraction of sp³-hybridized carbons (Fsp3) is 0.0769. The smallest absolute Gasteiger partial charge is 0.267 e. The van der Waals surface area contributed by atoms with Crippen molar-refractivity contribution < 1.29 is 4.79 Å².